The van der Waals surface area contributed by atoms with E-state index in [4.69, 9.17) is 11.5 Å². The molecule has 100 valence electrons. The largest absolute Gasteiger partial charge is 0.325 e. The van der Waals surface area contributed by atoms with Crippen molar-refractivity contribution >= 4 is 0 Å². The molecule has 0 saturated heterocycles. The number of nitrogens with two attached hydrogens (primary N) is 2. The summed E-state index contributed by atoms with van der Waals surface area (Å²) in [6, 6.07) is 0. The lowest BCUT2D eigenvalue weighted by Crippen LogP contribution is -2.41. The Bertz CT molecular complexity index is 212. The molecule has 0 aromatic heterocycles. The Morgan fingerprint density at radius 1 is 0.765 bits per heavy atom. The highest BCUT2D eigenvalue weighted by Gasteiger charge is 2.31. The maximum atomic E-state index is 6.19. The van der Waals surface area contributed by atoms with Crippen molar-refractivity contribution in [2.24, 2.45) is 23.3 Å². The van der Waals surface area contributed by atoms with E-state index in [2.05, 4.69) is 13.8 Å². The Balaban J connectivity index is 1.72. The van der Waals surface area contributed by atoms with Crippen LogP contribution in [0.15, 0.2) is 0 Å². The van der Waals surface area contributed by atoms with Crippen LogP contribution in [0.4, 0.5) is 0 Å². The van der Waals surface area contributed by atoms with E-state index < -0.39 is 0 Å². The van der Waals surface area contributed by atoms with Gasteiger partial charge in [0.15, 0.2) is 0 Å². The molecular formula is C15H30N2. The van der Waals surface area contributed by atoms with Crippen molar-refractivity contribution in [3.05, 3.63) is 0 Å². The molecule has 2 aliphatic carbocycles. The molecule has 0 aliphatic heterocycles. The lowest BCUT2D eigenvalue weighted by molar-refractivity contribution is 0.177. The third kappa shape index (κ3) is 3.96. The van der Waals surface area contributed by atoms with Crippen LogP contribution >= 0.6 is 0 Å². The smallest absolute Gasteiger partial charge is 0.0126 e. The third-order valence-electron chi connectivity index (χ3n) is 5.16. The lowest BCUT2D eigenvalue weighted by atomic mass is 9.71. The quantitative estimate of drug-likeness (QED) is 0.776. The Labute approximate surface area is 107 Å². The first-order valence-corrected chi connectivity index (χ1v) is 7.44. The highest BCUT2D eigenvalue weighted by Crippen LogP contribution is 2.39. The molecule has 0 bridgehead atoms. The van der Waals surface area contributed by atoms with E-state index in [-0.39, 0.29) is 11.1 Å². The van der Waals surface area contributed by atoms with Gasteiger partial charge in [-0.25, -0.2) is 0 Å². The molecule has 0 unspecified atom stereocenters. The van der Waals surface area contributed by atoms with Crippen LogP contribution < -0.4 is 11.5 Å². The zero-order chi connectivity index (χ0) is 12.5. The normalized spacial score (nSPS) is 48.0. The van der Waals surface area contributed by atoms with Crippen molar-refractivity contribution in [1.29, 1.82) is 0 Å². The second-order valence-electron chi connectivity index (χ2n) is 7.43. The Morgan fingerprint density at radius 2 is 1.06 bits per heavy atom. The summed E-state index contributed by atoms with van der Waals surface area (Å²) in [6.07, 6.45) is 11.7. The second kappa shape index (κ2) is 4.89. The molecule has 2 saturated carbocycles. The first kappa shape index (κ1) is 13.4. The first-order chi connectivity index (χ1) is 7.86. The van der Waals surface area contributed by atoms with E-state index in [1.807, 2.05) is 0 Å². The zero-order valence-electron chi connectivity index (χ0n) is 11.7. The molecule has 2 heteroatoms. The van der Waals surface area contributed by atoms with Gasteiger partial charge >= 0.3 is 0 Å². The monoisotopic (exact) mass is 238 g/mol. The van der Waals surface area contributed by atoms with Gasteiger partial charge in [0, 0.05) is 11.1 Å². The predicted molar refractivity (Wildman–Crippen MR) is 73.7 cm³/mol. The van der Waals surface area contributed by atoms with Crippen molar-refractivity contribution in [2.45, 2.75) is 82.7 Å². The van der Waals surface area contributed by atoms with Gasteiger partial charge in [0.05, 0.1) is 0 Å². The molecule has 0 spiro atoms. The summed E-state index contributed by atoms with van der Waals surface area (Å²) >= 11 is 0. The summed E-state index contributed by atoms with van der Waals surface area (Å²) in [7, 11) is 0. The Hall–Kier alpha value is -0.0800. The van der Waals surface area contributed by atoms with Gasteiger partial charge < -0.3 is 11.5 Å². The van der Waals surface area contributed by atoms with E-state index in [9.17, 15) is 0 Å². The molecule has 17 heavy (non-hydrogen) atoms. The van der Waals surface area contributed by atoms with Crippen LogP contribution in [0, 0.1) is 11.8 Å². The summed E-state index contributed by atoms with van der Waals surface area (Å²) in [5.41, 5.74) is 12.6. The fraction of sp³-hybridized carbons (Fsp3) is 1.00. The minimum atomic E-state index is 0.124. The van der Waals surface area contributed by atoms with Gasteiger partial charge in [-0.3, -0.25) is 0 Å². The minimum Gasteiger partial charge on any atom is -0.325 e. The highest BCUT2D eigenvalue weighted by molar-refractivity contribution is 4.89. The lowest BCUT2D eigenvalue weighted by Gasteiger charge is -2.38. The van der Waals surface area contributed by atoms with Crippen LogP contribution in [0.1, 0.15) is 71.6 Å². The molecule has 2 fully saturated rings. The van der Waals surface area contributed by atoms with Crippen LogP contribution in [0.3, 0.4) is 0 Å². The van der Waals surface area contributed by atoms with Gasteiger partial charge in [0.25, 0.3) is 0 Å². The SMILES string of the molecule is CC1(N)CCC(CC2CCC(C)(N)CC2)CC1. The molecule has 0 atom stereocenters. The van der Waals surface area contributed by atoms with Gasteiger partial charge in [-0.1, -0.05) is 0 Å². The Morgan fingerprint density at radius 3 is 1.35 bits per heavy atom. The number of hydrogen-bond donors (Lipinski definition) is 2. The molecule has 2 aliphatic rings. The average molecular weight is 238 g/mol. The second-order valence-corrected chi connectivity index (χ2v) is 7.43. The van der Waals surface area contributed by atoms with Crippen molar-refractivity contribution in [2.75, 3.05) is 0 Å². The van der Waals surface area contributed by atoms with Gasteiger partial charge in [0.2, 0.25) is 0 Å². The van der Waals surface area contributed by atoms with Gasteiger partial charge in [-0.05, 0) is 83.5 Å². The van der Waals surface area contributed by atoms with Crippen LogP contribution in [0.25, 0.3) is 0 Å². The first-order valence-electron chi connectivity index (χ1n) is 7.44. The number of hydrogen-bond acceptors (Lipinski definition) is 2. The van der Waals surface area contributed by atoms with E-state index >= 15 is 0 Å². The van der Waals surface area contributed by atoms with Crippen molar-refractivity contribution in [1.82, 2.24) is 0 Å². The summed E-state index contributed by atoms with van der Waals surface area (Å²) in [5, 5.41) is 0. The van der Waals surface area contributed by atoms with E-state index in [0.717, 1.165) is 11.8 Å². The standard InChI is InChI=1S/C15H30N2/c1-14(16)7-3-12(4-8-14)11-13-5-9-15(2,17)10-6-13/h12-13H,3-11,16-17H2,1-2H3. The van der Waals surface area contributed by atoms with Gasteiger partial charge in [0.1, 0.15) is 0 Å². The van der Waals surface area contributed by atoms with E-state index in [1.54, 1.807) is 0 Å². The molecule has 4 N–H and O–H groups in total. The summed E-state index contributed by atoms with van der Waals surface area (Å²) in [6.45, 7) is 4.42. The minimum absolute atomic E-state index is 0.124. The fourth-order valence-corrected chi connectivity index (χ4v) is 3.62. The molecule has 0 aromatic rings. The average Bonchev–Trinajstić information content (AvgIpc) is 2.24. The van der Waals surface area contributed by atoms with Crippen LogP contribution in [0.2, 0.25) is 0 Å². The Kier molecular flexibility index (Phi) is 3.84. The number of rotatable bonds is 2. The maximum absolute atomic E-state index is 6.19. The topological polar surface area (TPSA) is 52.0 Å². The molecule has 0 heterocycles. The van der Waals surface area contributed by atoms with E-state index in [0.29, 0.717) is 0 Å². The predicted octanol–water partition coefficient (Wildman–Crippen LogP) is 3.19. The molecular weight excluding hydrogens is 208 g/mol. The summed E-state index contributed by atoms with van der Waals surface area (Å²) in [5.74, 6) is 1.89. The molecule has 2 nitrogen and oxygen atoms in total. The van der Waals surface area contributed by atoms with Gasteiger partial charge in [-0.2, -0.15) is 0 Å². The zero-order valence-corrected chi connectivity index (χ0v) is 11.7. The summed E-state index contributed by atoms with van der Waals surface area (Å²) in [4.78, 5) is 0. The summed E-state index contributed by atoms with van der Waals surface area (Å²) < 4.78 is 0. The highest BCUT2D eigenvalue weighted by atomic mass is 14.7. The van der Waals surface area contributed by atoms with Crippen LogP contribution in [-0.2, 0) is 0 Å². The maximum Gasteiger partial charge on any atom is 0.0126 e. The van der Waals surface area contributed by atoms with Crippen molar-refractivity contribution in [3.8, 4) is 0 Å². The molecule has 0 radical (unpaired) electrons. The van der Waals surface area contributed by atoms with Crippen molar-refractivity contribution < 1.29 is 0 Å². The van der Waals surface area contributed by atoms with Crippen LogP contribution in [0.5, 0.6) is 0 Å². The van der Waals surface area contributed by atoms with Gasteiger partial charge in [-0.15, -0.1) is 0 Å². The fourth-order valence-electron chi connectivity index (χ4n) is 3.62. The van der Waals surface area contributed by atoms with Crippen LogP contribution in [-0.4, -0.2) is 11.1 Å². The molecule has 2 rings (SSSR count). The molecule has 0 amide bonds. The third-order valence-corrected chi connectivity index (χ3v) is 5.16. The van der Waals surface area contributed by atoms with E-state index in [1.165, 1.54) is 57.8 Å². The van der Waals surface area contributed by atoms with Crippen molar-refractivity contribution in [3.63, 3.8) is 0 Å². The molecule has 0 aromatic carbocycles.